The zero-order valence-corrected chi connectivity index (χ0v) is 7.57. The van der Waals surface area contributed by atoms with Crippen molar-refractivity contribution in [2.24, 2.45) is 0 Å². The van der Waals surface area contributed by atoms with E-state index in [4.69, 9.17) is 0 Å². The summed E-state index contributed by atoms with van der Waals surface area (Å²) in [6.07, 6.45) is 1.40. The lowest BCUT2D eigenvalue weighted by atomic mass is 10.1. The van der Waals surface area contributed by atoms with Crippen LogP contribution in [0.4, 0.5) is 0 Å². The molecule has 0 aliphatic rings. The molecule has 70 valence electrons. The molecule has 1 aromatic heterocycles. The fourth-order valence-corrected chi connectivity index (χ4v) is 1.30. The van der Waals surface area contributed by atoms with Crippen LogP contribution >= 0.6 is 0 Å². The maximum Gasteiger partial charge on any atom is 0.347 e. The maximum atomic E-state index is 11.5. The highest BCUT2D eigenvalue weighted by Gasteiger charge is 1.97. The van der Waals surface area contributed by atoms with E-state index < -0.39 is 11.2 Å². The zero-order valence-electron chi connectivity index (χ0n) is 7.57. The molecular weight excluding hydrogens is 180 g/mol. The van der Waals surface area contributed by atoms with E-state index in [0.717, 1.165) is 5.56 Å². The van der Waals surface area contributed by atoms with E-state index in [0.29, 0.717) is 10.8 Å². The fraction of sp³-hybridized carbons (Fsp3) is 0.100. The largest absolute Gasteiger partial charge is 0.347 e. The van der Waals surface area contributed by atoms with Gasteiger partial charge in [-0.3, -0.25) is 9.78 Å². The molecule has 0 saturated carbocycles. The predicted molar refractivity (Wildman–Crippen MR) is 53.4 cm³/mol. The highest BCUT2D eigenvalue weighted by Crippen LogP contribution is 2.08. The average Bonchev–Trinajstić information content (AvgIpc) is 2.27. The van der Waals surface area contributed by atoms with Crippen molar-refractivity contribution in [2.45, 2.75) is 6.92 Å². The number of nitrogens with one attached hydrogen (secondary N) is 1. The average molecular weight is 188 g/mol. The van der Waals surface area contributed by atoms with Gasteiger partial charge in [-0.25, -0.2) is 9.78 Å². The van der Waals surface area contributed by atoms with Crippen molar-refractivity contribution < 1.29 is 0 Å². The van der Waals surface area contributed by atoms with Crippen molar-refractivity contribution in [1.82, 2.24) is 9.97 Å². The third-order valence-corrected chi connectivity index (χ3v) is 1.99. The van der Waals surface area contributed by atoms with Crippen LogP contribution in [-0.2, 0) is 0 Å². The van der Waals surface area contributed by atoms with E-state index in [1.54, 1.807) is 12.1 Å². The number of aromatic nitrogens is 2. The number of fused-ring (bicyclic) bond motifs is 1. The standard InChI is InChI=1S/C10H8N2O2/c1-6-2-3-7-5-11-10(14)12-9(13)8(7)4-6/h2-5H,1H3,(H,12,13,14). The summed E-state index contributed by atoms with van der Waals surface area (Å²) in [5, 5.41) is 1.15. The van der Waals surface area contributed by atoms with Crippen LogP contribution in [0.1, 0.15) is 5.56 Å². The quantitative estimate of drug-likeness (QED) is 0.658. The van der Waals surface area contributed by atoms with Gasteiger partial charge in [-0.2, -0.15) is 0 Å². The summed E-state index contributed by atoms with van der Waals surface area (Å²) in [4.78, 5) is 28.1. The molecule has 0 fully saturated rings. The second-order valence-electron chi connectivity index (χ2n) is 3.11. The van der Waals surface area contributed by atoms with Gasteiger partial charge in [0, 0.05) is 17.0 Å². The van der Waals surface area contributed by atoms with E-state index in [9.17, 15) is 9.59 Å². The van der Waals surface area contributed by atoms with Crippen LogP contribution in [0.2, 0.25) is 0 Å². The number of H-pyrrole nitrogens is 1. The molecule has 2 rings (SSSR count). The molecule has 1 N–H and O–H groups in total. The van der Waals surface area contributed by atoms with Gasteiger partial charge >= 0.3 is 5.69 Å². The van der Waals surface area contributed by atoms with E-state index >= 15 is 0 Å². The Kier molecular flexibility index (Phi) is 1.89. The Hall–Kier alpha value is -1.97. The lowest BCUT2D eigenvalue weighted by Crippen LogP contribution is -2.15. The van der Waals surface area contributed by atoms with Crippen LogP contribution in [0, 0.1) is 6.92 Å². The van der Waals surface area contributed by atoms with Crippen molar-refractivity contribution in [3.05, 3.63) is 50.8 Å². The molecule has 4 heteroatoms. The summed E-state index contributed by atoms with van der Waals surface area (Å²) >= 11 is 0. The van der Waals surface area contributed by atoms with Crippen molar-refractivity contribution in [1.29, 1.82) is 0 Å². The minimum Gasteiger partial charge on any atom is -0.272 e. The first-order chi connectivity index (χ1) is 6.66. The number of nitrogens with zero attached hydrogens (tertiary/aromatic N) is 1. The molecule has 0 unspecified atom stereocenters. The fourth-order valence-electron chi connectivity index (χ4n) is 1.30. The van der Waals surface area contributed by atoms with Crippen LogP contribution in [-0.4, -0.2) is 9.97 Å². The summed E-state index contributed by atoms with van der Waals surface area (Å²) < 4.78 is 0. The molecule has 14 heavy (non-hydrogen) atoms. The second-order valence-corrected chi connectivity index (χ2v) is 3.11. The van der Waals surface area contributed by atoms with Gasteiger partial charge in [0.15, 0.2) is 0 Å². The highest BCUT2D eigenvalue weighted by atomic mass is 16.2. The summed E-state index contributed by atoms with van der Waals surface area (Å²) in [6.45, 7) is 1.89. The molecule has 0 spiro atoms. The van der Waals surface area contributed by atoms with Gasteiger partial charge < -0.3 is 0 Å². The van der Waals surface area contributed by atoms with Crippen molar-refractivity contribution in [3.8, 4) is 0 Å². The van der Waals surface area contributed by atoms with E-state index in [1.807, 2.05) is 13.0 Å². The normalized spacial score (nSPS) is 10.4. The molecule has 0 saturated heterocycles. The van der Waals surface area contributed by atoms with Gasteiger partial charge in [-0.05, 0) is 13.0 Å². The van der Waals surface area contributed by atoms with Crippen molar-refractivity contribution in [2.75, 3.05) is 0 Å². The minimum absolute atomic E-state index is 0.397. The van der Waals surface area contributed by atoms with Gasteiger partial charge in [-0.15, -0.1) is 0 Å². The third-order valence-electron chi connectivity index (χ3n) is 1.99. The smallest absolute Gasteiger partial charge is 0.272 e. The minimum atomic E-state index is -0.621. The molecule has 0 atom stereocenters. The SMILES string of the molecule is Cc1ccc2cnc(=O)[nH]c(=O)c2c1. The van der Waals surface area contributed by atoms with E-state index in [2.05, 4.69) is 9.97 Å². The number of aryl methyl sites for hydroxylation is 1. The second kappa shape index (κ2) is 3.06. The number of hydrogen-bond donors (Lipinski definition) is 1. The van der Waals surface area contributed by atoms with Crippen LogP contribution in [0.15, 0.2) is 34.0 Å². The van der Waals surface area contributed by atoms with E-state index in [-0.39, 0.29) is 0 Å². The molecular formula is C10H8N2O2. The summed E-state index contributed by atoms with van der Waals surface area (Å²) in [5.74, 6) is 0. The first kappa shape index (κ1) is 8.62. The van der Waals surface area contributed by atoms with E-state index in [1.165, 1.54) is 6.20 Å². The zero-order chi connectivity index (χ0) is 10.1. The van der Waals surface area contributed by atoms with Crippen LogP contribution < -0.4 is 11.2 Å². The Balaban J connectivity index is 3.07. The molecule has 0 radical (unpaired) electrons. The Bertz CT molecular complexity index is 602. The maximum absolute atomic E-state index is 11.5. The molecule has 1 heterocycles. The van der Waals surface area contributed by atoms with Crippen molar-refractivity contribution in [3.63, 3.8) is 0 Å². The Morgan fingerprint density at radius 3 is 2.86 bits per heavy atom. The molecule has 0 bridgehead atoms. The first-order valence-electron chi connectivity index (χ1n) is 4.17. The predicted octanol–water partition coefficient (Wildman–Crippen LogP) is 0.592. The van der Waals surface area contributed by atoms with Crippen LogP contribution in [0.3, 0.4) is 0 Å². The Morgan fingerprint density at radius 1 is 1.29 bits per heavy atom. The van der Waals surface area contributed by atoms with Gasteiger partial charge in [0.1, 0.15) is 0 Å². The van der Waals surface area contributed by atoms with Crippen molar-refractivity contribution >= 4 is 10.8 Å². The number of hydrogen-bond acceptors (Lipinski definition) is 3. The number of rotatable bonds is 0. The first-order valence-corrected chi connectivity index (χ1v) is 4.17. The Morgan fingerprint density at radius 2 is 2.07 bits per heavy atom. The summed E-state index contributed by atoms with van der Waals surface area (Å²) in [7, 11) is 0. The van der Waals surface area contributed by atoms with Gasteiger partial charge in [0.2, 0.25) is 0 Å². The lowest BCUT2D eigenvalue weighted by molar-refractivity contribution is 1.09. The molecule has 0 aliphatic carbocycles. The monoisotopic (exact) mass is 188 g/mol. The third kappa shape index (κ3) is 1.42. The van der Waals surface area contributed by atoms with Gasteiger partial charge in [-0.1, -0.05) is 17.7 Å². The molecule has 2 aromatic rings. The molecule has 0 amide bonds. The number of aromatic amines is 1. The molecule has 0 aliphatic heterocycles. The van der Waals surface area contributed by atoms with Gasteiger partial charge in [0.25, 0.3) is 5.56 Å². The summed E-state index contributed by atoms with van der Waals surface area (Å²) in [5.41, 5.74) is -0.0447. The topological polar surface area (TPSA) is 62.8 Å². The lowest BCUT2D eigenvalue weighted by Gasteiger charge is -1.91. The molecule has 1 aromatic carbocycles. The summed E-state index contributed by atoms with van der Waals surface area (Å²) in [6, 6.07) is 5.37. The van der Waals surface area contributed by atoms with Crippen LogP contribution in [0.5, 0.6) is 0 Å². The van der Waals surface area contributed by atoms with Crippen LogP contribution in [0.25, 0.3) is 10.8 Å². The Labute approximate surface area is 79.3 Å². The number of benzene rings is 1. The highest BCUT2D eigenvalue weighted by molar-refractivity contribution is 5.80. The molecule has 4 nitrogen and oxygen atoms in total. The van der Waals surface area contributed by atoms with Gasteiger partial charge in [0.05, 0.1) is 0 Å².